The van der Waals surface area contributed by atoms with Gasteiger partial charge in [-0.3, -0.25) is 0 Å². The van der Waals surface area contributed by atoms with E-state index in [9.17, 15) is 0 Å². The van der Waals surface area contributed by atoms with Crippen LogP contribution >= 0.6 is 11.3 Å². The smallest absolute Gasteiger partial charge is 0.161 e. The number of benzene rings is 1. The molecule has 2 rings (SSSR count). The molecule has 0 amide bonds. The lowest BCUT2D eigenvalue weighted by Gasteiger charge is -2.10. The molecule has 0 aliphatic carbocycles. The van der Waals surface area contributed by atoms with Crippen LogP contribution in [0.5, 0.6) is 11.5 Å². The molecule has 0 bridgehead atoms. The highest BCUT2D eigenvalue weighted by Gasteiger charge is 2.05. The second-order valence-electron chi connectivity index (χ2n) is 4.24. The van der Waals surface area contributed by atoms with Crippen LogP contribution in [-0.4, -0.2) is 25.2 Å². The van der Waals surface area contributed by atoms with Crippen LogP contribution in [0.25, 0.3) is 0 Å². The number of hydrogen-bond acceptors (Lipinski definition) is 5. The minimum Gasteiger partial charge on any atom is -0.490 e. The third kappa shape index (κ3) is 4.21. The van der Waals surface area contributed by atoms with Crippen LogP contribution in [0.4, 0.5) is 0 Å². The van der Waals surface area contributed by atoms with Gasteiger partial charge in [-0.25, -0.2) is 4.98 Å². The van der Waals surface area contributed by atoms with Crippen molar-refractivity contribution in [2.75, 3.05) is 20.3 Å². The van der Waals surface area contributed by atoms with Gasteiger partial charge in [-0.05, 0) is 26.1 Å². The maximum atomic E-state index is 5.79. The molecule has 0 aliphatic rings. The number of para-hydroxylation sites is 2. The fraction of sp³-hybridized carbons (Fsp3) is 0.400. The van der Waals surface area contributed by atoms with Crippen LogP contribution in [0.1, 0.15) is 17.6 Å². The van der Waals surface area contributed by atoms with Gasteiger partial charge in [0.05, 0.1) is 23.9 Å². The average Bonchev–Trinajstić information content (AvgIpc) is 2.89. The van der Waals surface area contributed by atoms with Crippen LogP contribution in [-0.2, 0) is 13.0 Å². The van der Waals surface area contributed by atoms with E-state index < -0.39 is 0 Å². The SMILES string of the molecule is CCOc1ccccc1OCCc1nc(CNC)cs1. The van der Waals surface area contributed by atoms with Gasteiger partial charge in [-0.2, -0.15) is 0 Å². The van der Waals surface area contributed by atoms with E-state index in [0.717, 1.165) is 35.2 Å². The lowest BCUT2D eigenvalue weighted by atomic mass is 10.3. The number of nitrogens with zero attached hydrogens (tertiary/aromatic N) is 1. The molecule has 108 valence electrons. The van der Waals surface area contributed by atoms with E-state index in [-0.39, 0.29) is 0 Å². The van der Waals surface area contributed by atoms with Crippen molar-refractivity contribution in [1.82, 2.24) is 10.3 Å². The summed E-state index contributed by atoms with van der Waals surface area (Å²) >= 11 is 1.68. The molecule has 0 saturated carbocycles. The third-order valence-corrected chi connectivity index (χ3v) is 3.64. The molecule has 1 N–H and O–H groups in total. The third-order valence-electron chi connectivity index (χ3n) is 2.68. The molecular weight excluding hydrogens is 272 g/mol. The Balaban J connectivity index is 1.85. The van der Waals surface area contributed by atoms with Crippen LogP contribution in [0.2, 0.25) is 0 Å². The number of ether oxygens (including phenoxy) is 2. The lowest BCUT2D eigenvalue weighted by Crippen LogP contribution is -2.06. The molecule has 1 aromatic heterocycles. The molecule has 0 spiro atoms. The Morgan fingerprint density at radius 3 is 2.65 bits per heavy atom. The molecule has 4 nitrogen and oxygen atoms in total. The number of thiazole rings is 1. The van der Waals surface area contributed by atoms with Gasteiger partial charge in [0.15, 0.2) is 11.5 Å². The summed E-state index contributed by atoms with van der Waals surface area (Å²) in [4.78, 5) is 4.53. The zero-order valence-electron chi connectivity index (χ0n) is 11.9. The number of hydrogen-bond donors (Lipinski definition) is 1. The predicted molar refractivity (Wildman–Crippen MR) is 81.7 cm³/mol. The van der Waals surface area contributed by atoms with Crippen molar-refractivity contribution in [3.05, 3.63) is 40.3 Å². The second-order valence-corrected chi connectivity index (χ2v) is 5.18. The predicted octanol–water partition coefficient (Wildman–Crippen LogP) is 2.88. The van der Waals surface area contributed by atoms with E-state index in [1.165, 1.54) is 0 Å². The van der Waals surface area contributed by atoms with E-state index in [1.807, 2.05) is 38.2 Å². The summed E-state index contributed by atoms with van der Waals surface area (Å²) in [5, 5.41) is 6.28. The second kappa shape index (κ2) is 7.87. The van der Waals surface area contributed by atoms with Gasteiger partial charge >= 0.3 is 0 Å². The summed E-state index contributed by atoms with van der Waals surface area (Å²) in [6.07, 6.45) is 0.814. The summed E-state index contributed by atoms with van der Waals surface area (Å²) in [7, 11) is 1.92. The zero-order chi connectivity index (χ0) is 14.2. The Morgan fingerprint density at radius 2 is 1.95 bits per heavy atom. The molecule has 0 unspecified atom stereocenters. The molecule has 1 aromatic carbocycles. The molecule has 0 aliphatic heterocycles. The molecular formula is C15H20N2O2S. The molecule has 0 saturated heterocycles. The lowest BCUT2D eigenvalue weighted by molar-refractivity contribution is 0.279. The summed E-state index contributed by atoms with van der Waals surface area (Å²) < 4.78 is 11.3. The first kappa shape index (κ1) is 14.8. The molecule has 2 aromatic rings. The number of rotatable bonds is 8. The summed E-state index contributed by atoms with van der Waals surface area (Å²) in [5.74, 6) is 1.59. The van der Waals surface area contributed by atoms with Crippen LogP contribution < -0.4 is 14.8 Å². The first-order chi connectivity index (χ1) is 9.83. The first-order valence-corrected chi connectivity index (χ1v) is 7.64. The number of nitrogens with one attached hydrogen (secondary N) is 1. The Kier molecular flexibility index (Phi) is 5.83. The topological polar surface area (TPSA) is 43.4 Å². The fourth-order valence-electron chi connectivity index (χ4n) is 1.82. The fourth-order valence-corrected chi connectivity index (χ4v) is 2.60. The van der Waals surface area contributed by atoms with Gasteiger partial charge in [0.25, 0.3) is 0 Å². The maximum Gasteiger partial charge on any atom is 0.161 e. The highest BCUT2D eigenvalue weighted by atomic mass is 32.1. The van der Waals surface area contributed by atoms with Gasteiger partial charge in [0, 0.05) is 18.3 Å². The highest BCUT2D eigenvalue weighted by molar-refractivity contribution is 7.09. The minimum atomic E-state index is 0.608. The summed E-state index contributed by atoms with van der Waals surface area (Å²) in [6.45, 7) is 4.02. The van der Waals surface area contributed by atoms with Gasteiger partial charge < -0.3 is 14.8 Å². The van der Waals surface area contributed by atoms with Crippen molar-refractivity contribution < 1.29 is 9.47 Å². The maximum absolute atomic E-state index is 5.79. The monoisotopic (exact) mass is 292 g/mol. The van der Waals surface area contributed by atoms with Crippen LogP contribution in [0.15, 0.2) is 29.6 Å². The van der Waals surface area contributed by atoms with Gasteiger partial charge in [0.1, 0.15) is 0 Å². The van der Waals surface area contributed by atoms with Crippen molar-refractivity contribution in [2.45, 2.75) is 19.9 Å². The van der Waals surface area contributed by atoms with E-state index in [1.54, 1.807) is 11.3 Å². The molecule has 0 atom stereocenters. The van der Waals surface area contributed by atoms with E-state index in [0.29, 0.717) is 13.2 Å². The van der Waals surface area contributed by atoms with Crippen molar-refractivity contribution in [3.8, 4) is 11.5 Å². The Bertz CT molecular complexity index is 528. The van der Waals surface area contributed by atoms with Crippen molar-refractivity contribution >= 4 is 11.3 Å². The normalized spacial score (nSPS) is 10.5. The van der Waals surface area contributed by atoms with Crippen LogP contribution in [0.3, 0.4) is 0 Å². The van der Waals surface area contributed by atoms with Crippen molar-refractivity contribution in [3.63, 3.8) is 0 Å². The first-order valence-electron chi connectivity index (χ1n) is 6.76. The van der Waals surface area contributed by atoms with Gasteiger partial charge in [0.2, 0.25) is 0 Å². The largest absolute Gasteiger partial charge is 0.490 e. The Hall–Kier alpha value is -1.59. The van der Waals surface area contributed by atoms with Gasteiger partial charge in [-0.15, -0.1) is 11.3 Å². The van der Waals surface area contributed by atoms with E-state index in [4.69, 9.17) is 9.47 Å². The van der Waals surface area contributed by atoms with Crippen molar-refractivity contribution in [2.24, 2.45) is 0 Å². The zero-order valence-corrected chi connectivity index (χ0v) is 12.7. The Morgan fingerprint density at radius 1 is 1.20 bits per heavy atom. The standard InChI is InChI=1S/C15H20N2O2S/c1-3-18-13-6-4-5-7-14(13)19-9-8-15-17-12(10-16-2)11-20-15/h4-7,11,16H,3,8-10H2,1-2H3. The molecule has 0 radical (unpaired) electrons. The molecule has 5 heteroatoms. The van der Waals surface area contributed by atoms with E-state index >= 15 is 0 Å². The average molecular weight is 292 g/mol. The Labute approximate surface area is 123 Å². The summed E-state index contributed by atoms with van der Waals surface area (Å²) in [5.41, 5.74) is 1.09. The van der Waals surface area contributed by atoms with E-state index in [2.05, 4.69) is 15.7 Å². The van der Waals surface area contributed by atoms with Gasteiger partial charge in [-0.1, -0.05) is 12.1 Å². The quantitative estimate of drug-likeness (QED) is 0.812. The highest BCUT2D eigenvalue weighted by Crippen LogP contribution is 2.26. The van der Waals surface area contributed by atoms with Crippen LogP contribution in [0, 0.1) is 0 Å². The number of aromatic nitrogens is 1. The minimum absolute atomic E-state index is 0.608. The molecule has 1 heterocycles. The molecule has 20 heavy (non-hydrogen) atoms. The summed E-state index contributed by atoms with van der Waals surface area (Å²) in [6, 6.07) is 7.75. The van der Waals surface area contributed by atoms with Crippen molar-refractivity contribution in [1.29, 1.82) is 0 Å². The molecule has 0 fully saturated rings.